The third-order valence-corrected chi connectivity index (χ3v) is 1.56. The minimum Gasteiger partial charge on any atom is -0.477 e. The summed E-state index contributed by atoms with van der Waals surface area (Å²) in [6.45, 7) is 0. The highest BCUT2D eigenvalue weighted by Crippen LogP contribution is 2.04. The van der Waals surface area contributed by atoms with Gasteiger partial charge in [-0.05, 0) is 0 Å². The molecule has 66 valence electrons. The van der Waals surface area contributed by atoms with E-state index in [0.29, 0.717) is 0 Å². The van der Waals surface area contributed by atoms with Crippen LogP contribution in [-0.4, -0.2) is 25.4 Å². The minimum absolute atomic E-state index is 0.0393. The zero-order valence-electron chi connectivity index (χ0n) is 6.31. The number of carbonyl (C=O) groups is 1. The fourth-order valence-corrected chi connectivity index (χ4v) is 1.01. The number of fused-ring (bicyclic) bond motifs is 1. The Morgan fingerprint density at radius 1 is 1.62 bits per heavy atom. The predicted octanol–water partition coefficient (Wildman–Crippen LogP) is 0.567. The van der Waals surface area contributed by atoms with Crippen molar-refractivity contribution in [1.82, 2.24) is 14.4 Å². The van der Waals surface area contributed by atoms with Crippen molar-refractivity contribution in [2.45, 2.75) is 0 Å². The van der Waals surface area contributed by atoms with Crippen LogP contribution in [0.15, 0.2) is 18.5 Å². The van der Waals surface area contributed by atoms with E-state index in [-0.39, 0.29) is 11.5 Å². The van der Waals surface area contributed by atoms with Crippen molar-refractivity contribution < 1.29 is 14.3 Å². The average Bonchev–Trinajstić information content (AvgIpc) is 2.46. The van der Waals surface area contributed by atoms with Gasteiger partial charge in [0.05, 0.1) is 6.20 Å². The first-order valence-corrected chi connectivity index (χ1v) is 3.41. The SMILES string of the molecule is O=C(O)c1cnc2nc(F)ccn12. The lowest BCUT2D eigenvalue weighted by atomic mass is 10.5. The number of aromatic nitrogens is 3. The van der Waals surface area contributed by atoms with E-state index in [0.717, 1.165) is 12.3 Å². The Morgan fingerprint density at radius 2 is 2.38 bits per heavy atom. The Bertz CT molecular complexity index is 480. The van der Waals surface area contributed by atoms with Crippen molar-refractivity contribution >= 4 is 11.7 Å². The molecule has 2 aromatic heterocycles. The summed E-state index contributed by atoms with van der Waals surface area (Å²) in [7, 11) is 0. The number of halogens is 1. The molecule has 0 spiro atoms. The summed E-state index contributed by atoms with van der Waals surface area (Å²) < 4.78 is 13.7. The molecular weight excluding hydrogens is 177 g/mol. The van der Waals surface area contributed by atoms with Crippen molar-refractivity contribution in [3.63, 3.8) is 0 Å². The van der Waals surface area contributed by atoms with Gasteiger partial charge in [-0.1, -0.05) is 0 Å². The van der Waals surface area contributed by atoms with E-state index in [1.165, 1.54) is 10.6 Å². The van der Waals surface area contributed by atoms with Crippen LogP contribution in [0.3, 0.4) is 0 Å². The van der Waals surface area contributed by atoms with E-state index in [1.807, 2.05) is 0 Å². The molecule has 0 unspecified atom stereocenters. The van der Waals surface area contributed by atoms with Crippen molar-refractivity contribution in [2.75, 3.05) is 0 Å². The zero-order valence-corrected chi connectivity index (χ0v) is 6.31. The van der Waals surface area contributed by atoms with Gasteiger partial charge in [-0.3, -0.25) is 4.40 Å². The lowest BCUT2D eigenvalue weighted by Crippen LogP contribution is -2.02. The van der Waals surface area contributed by atoms with Crippen molar-refractivity contribution in [1.29, 1.82) is 0 Å². The molecule has 0 fully saturated rings. The topological polar surface area (TPSA) is 67.5 Å². The quantitative estimate of drug-likeness (QED) is 0.653. The first-order chi connectivity index (χ1) is 6.18. The van der Waals surface area contributed by atoms with Gasteiger partial charge in [0.15, 0.2) is 5.69 Å². The van der Waals surface area contributed by atoms with Gasteiger partial charge in [-0.25, -0.2) is 9.78 Å². The monoisotopic (exact) mass is 181 g/mol. The van der Waals surface area contributed by atoms with Crippen LogP contribution in [0.25, 0.3) is 5.78 Å². The largest absolute Gasteiger partial charge is 0.477 e. The highest BCUT2D eigenvalue weighted by atomic mass is 19.1. The van der Waals surface area contributed by atoms with Gasteiger partial charge in [0.25, 0.3) is 0 Å². The first-order valence-electron chi connectivity index (χ1n) is 3.41. The van der Waals surface area contributed by atoms with E-state index in [2.05, 4.69) is 9.97 Å². The Kier molecular flexibility index (Phi) is 1.48. The van der Waals surface area contributed by atoms with Crippen LogP contribution in [-0.2, 0) is 0 Å². The second-order valence-electron chi connectivity index (χ2n) is 2.37. The second kappa shape index (κ2) is 2.51. The smallest absolute Gasteiger partial charge is 0.354 e. The molecule has 0 amide bonds. The number of carboxylic acids is 1. The van der Waals surface area contributed by atoms with Gasteiger partial charge < -0.3 is 5.11 Å². The standard InChI is InChI=1S/C7H4FN3O2/c8-5-1-2-11-4(6(12)13)3-9-7(11)10-5/h1-3H,(H,12,13). The summed E-state index contributed by atoms with van der Waals surface area (Å²) in [5.74, 6) is -1.77. The van der Waals surface area contributed by atoms with Crippen molar-refractivity contribution in [3.8, 4) is 0 Å². The fraction of sp³-hybridized carbons (Fsp3) is 0. The molecule has 13 heavy (non-hydrogen) atoms. The molecule has 2 heterocycles. The van der Waals surface area contributed by atoms with E-state index in [4.69, 9.17) is 5.11 Å². The number of hydrogen-bond acceptors (Lipinski definition) is 3. The molecule has 0 aliphatic heterocycles. The molecule has 0 aliphatic carbocycles. The zero-order chi connectivity index (χ0) is 9.42. The van der Waals surface area contributed by atoms with Crippen LogP contribution >= 0.6 is 0 Å². The Labute approximate surface area is 71.5 Å². The molecule has 2 rings (SSSR count). The molecule has 0 radical (unpaired) electrons. The van der Waals surface area contributed by atoms with Crippen molar-refractivity contribution in [2.24, 2.45) is 0 Å². The molecule has 0 aromatic carbocycles. The highest BCUT2D eigenvalue weighted by molar-refractivity contribution is 5.86. The number of carboxylic acid groups (broad SMARTS) is 1. The summed E-state index contributed by atoms with van der Waals surface area (Å²) in [5.41, 5.74) is -0.0394. The van der Waals surface area contributed by atoms with Crippen LogP contribution in [0.1, 0.15) is 10.5 Å². The summed E-state index contributed by atoms with van der Waals surface area (Å²) in [5, 5.41) is 8.66. The van der Waals surface area contributed by atoms with Gasteiger partial charge in [0.2, 0.25) is 11.7 Å². The maximum atomic E-state index is 12.5. The van der Waals surface area contributed by atoms with E-state index < -0.39 is 11.9 Å². The number of rotatable bonds is 1. The van der Waals surface area contributed by atoms with Gasteiger partial charge in [-0.2, -0.15) is 9.37 Å². The number of imidazole rings is 1. The normalized spacial score (nSPS) is 10.5. The maximum Gasteiger partial charge on any atom is 0.354 e. The summed E-state index contributed by atoms with van der Waals surface area (Å²) in [6, 6.07) is 1.07. The third-order valence-electron chi connectivity index (χ3n) is 1.56. The number of aromatic carboxylic acids is 1. The second-order valence-corrected chi connectivity index (χ2v) is 2.37. The molecule has 0 saturated carbocycles. The van der Waals surface area contributed by atoms with Gasteiger partial charge in [-0.15, -0.1) is 0 Å². The predicted molar refractivity (Wildman–Crippen MR) is 39.9 cm³/mol. The molecule has 1 N–H and O–H groups in total. The molecular formula is C7H4FN3O2. The highest BCUT2D eigenvalue weighted by Gasteiger charge is 2.10. The van der Waals surface area contributed by atoms with E-state index in [1.54, 1.807) is 0 Å². The van der Waals surface area contributed by atoms with Crippen LogP contribution in [0, 0.1) is 5.95 Å². The Hall–Kier alpha value is -1.98. The molecule has 6 heteroatoms. The maximum absolute atomic E-state index is 12.5. The lowest BCUT2D eigenvalue weighted by molar-refractivity contribution is 0.0689. The molecule has 2 aromatic rings. The summed E-state index contributed by atoms with van der Waals surface area (Å²) in [4.78, 5) is 17.6. The van der Waals surface area contributed by atoms with Gasteiger partial charge >= 0.3 is 5.97 Å². The lowest BCUT2D eigenvalue weighted by Gasteiger charge is -1.94. The molecule has 0 saturated heterocycles. The number of nitrogens with zero attached hydrogens (tertiary/aromatic N) is 3. The van der Waals surface area contributed by atoms with Gasteiger partial charge in [0.1, 0.15) is 0 Å². The van der Waals surface area contributed by atoms with Crippen LogP contribution in [0.2, 0.25) is 0 Å². The number of hydrogen-bond donors (Lipinski definition) is 1. The average molecular weight is 181 g/mol. The van der Waals surface area contributed by atoms with E-state index >= 15 is 0 Å². The van der Waals surface area contributed by atoms with Crippen LogP contribution in [0.5, 0.6) is 0 Å². The molecule has 0 atom stereocenters. The summed E-state index contributed by atoms with van der Waals surface area (Å²) in [6.07, 6.45) is 2.40. The third kappa shape index (κ3) is 1.12. The van der Waals surface area contributed by atoms with Crippen molar-refractivity contribution in [3.05, 3.63) is 30.1 Å². The van der Waals surface area contributed by atoms with Crippen LogP contribution in [0.4, 0.5) is 4.39 Å². The van der Waals surface area contributed by atoms with Gasteiger partial charge in [0, 0.05) is 12.3 Å². The minimum atomic E-state index is -1.12. The first kappa shape index (κ1) is 7.66. The fourth-order valence-electron chi connectivity index (χ4n) is 1.01. The molecule has 0 bridgehead atoms. The van der Waals surface area contributed by atoms with E-state index in [9.17, 15) is 9.18 Å². The Morgan fingerprint density at radius 3 is 3.08 bits per heavy atom. The summed E-state index contributed by atoms with van der Waals surface area (Å²) >= 11 is 0. The molecule has 5 nitrogen and oxygen atoms in total. The van der Waals surface area contributed by atoms with Crippen LogP contribution < -0.4 is 0 Å². The molecule has 0 aliphatic rings. The Balaban J connectivity index is 2.76.